The highest BCUT2D eigenvalue weighted by atomic mass is 16.5. The van der Waals surface area contributed by atoms with Crippen LogP contribution in [0.25, 0.3) is 66.1 Å². The number of aryl methyl sites for hydroxylation is 2. The number of hydrogen-bond donors (Lipinski definition) is 0. The molecule has 0 atom stereocenters. The molecule has 0 spiro atoms. The molecule has 0 fully saturated rings. The molecule has 0 aliphatic heterocycles. The SMILES string of the molecule is Cc1ccc(Oc2ccc(-c3cccc(-n4c5ccccc5c5ccc6c7ccccc7n(-c7cccc(C)c7)c6c54)c3)cc2)cc1. The topological polar surface area (TPSA) is 19.1 Å². The van der Waals surface area contributed by atoms with Crippen LogP contribution in [0.2, 0.25) is 0 Å². The molecular weight excluding hydrogens is 572 g/mol. The maximum absolute atomic E-state index is 6.12. The Labute approximate surface area is 273 Å². The molecule has 0 saturated heterocycles. The van der Waals surface area contributed by atoms with Crippen molar-refractivity contribution < 1.29 is 4.74 Å². The summed E-state index contributed by atoms with van der Waals surface area (Å²) in [4.78, 5) is 0. The molecule has 224 valence electrons. The van der Waals surface area contributed by atoms with Crippen molar-refractivity contribution in [2.75, 3.05) is 0 Å². The number of aromatic nitrogens is 2. The molecule has 3 nitrogen and oxygen atoms in total. The minimum atomic E-state index is 0.822. The van der Waals surface area contributed by atoms with E-state index in [0.717, 1.165) is 28.3 Å². The molecule has 0 aliphatic rings. The smallest absolute Gasteiger partial charge is 0.127 e. The van der Waals surface area contributed by atoms with Crippen molar-refractivity contribution in [3.63, 3.8) is 0 Å². The van der Waals surface area contributed by atoms with E-state index < -0.39 is 0 Å². The van der Waals surface area contributed by atoms with Crippen LogP contribution in [-0.4, -0.2) is 9.13 Å². The van der Waals surface area contributed by atoms with Gasteiger partial charge >= 0.3 is 0 Å². The molecule has 47 heavy (non-hydrogen) atoms. The molecule has 9 aromatic rings. The number of benzene rings is 7. The lowest BCUT2D eigenvalue weighted by Crippen LogP contribution is -1.99. The van der Waals surface area contributed by atoms with Crippen LogP contribution in [0.3, 0.4) is 0 Å². The third-order valence-corrected chi connectivity index (χ3v) is 9.28. The Hall–Kier alpha value is -6.06. The fraction of sp³-hybridized carbons (Fsp3) is 0.0455. The van der Waals surface area contributed by atoms with Gasteiger partial charge in [-0.2, -0.15) is 0 Å². The normalized spacial score (nSPS) is 11.6. The van der Waals surface area contributed by atoms with E-state index in [4.69, 9.17) is 4.74 Å². The first-order valence-electron chi connectivity index (χ1n) is 16.1. The standard InChI is InChI=1S/C44H32N2O/c1-29-17-21-35(22-18-29)47-36-23-19-31(20-24-36)32-10-8-12-34(28-32)46-42-16-6-4-14-38(42)40-26-25-39-37-13-3-5-15-41(37)45(43(39)44(40)46)33-11-7-9-30(2)27-33/h3-28H,1-2H3. The van der Waals surface area contributed by atoms with E-state index in [2.05, 4.69) is 156 Å². The first-order valence-corrected chi connectivity index (χ1v) is 16.1. The Morgan fingerprint density at radius 1 is 0.383 bits per heavy atom. The van der Waals surface area contributed by atoms with Gasteiger partial charge in [-0.05, 0) is 91.2 Å². The summed E-state index contributed by atoms with van der Waals surface area (Å²) in [7, 11) is 0. The van der Waals surface area contributed by atoms with Crippen molar-refractivity contribution in [1.29, 1.82) is 0 Å². The number of fused-ring (bicyclic) bond motifs is 7. The van der Waals surface area contributed by atoms with Gasteiger partial charge in [0, 0.05) is 32.9 Å². The van der Waals surface area contributed by atoms with Crippen LogP contribution in [0.4, 0.5) is 0 Å². The van der Waals surface area contributed by atoms with Crippen LogP contribution < -0.4 is 4.74 Å². The molecule has 0 amide bonds. The van der Waals surface area contributed by atoms with Crippen molar-refractivity contribution in [2.24, 2.45) is 0 Å². The minimum absolute atomic E-state index is 0.822. The summed E-state index contributed by atoms with van der Waals surface area (Å²) < 4.78 is 11.0. The van der Waals surface area contributed by atoms with Crippen LogP contribution >= 0.6 is 0 Å². The van der Waals surface area contributed by atoms with Gasteiger partial charge in [-0.1, -0.05) is 103 Å². The first-order chi connectivity index (χ1) is 23.1. The van der Waals surface area contributed by atoms with Crippen molar-refractivity contribution in [1.82, 2.24) is 9.13 Å². The Morgan fingerprint density at radius 3 is 1.51 bits per heavy atom. The van der Waals surface area contributed by atoms with E-state index in [-0.39, 0.29) is 0 Å². The average Bonchev–Trinajstić information content (AvgIpc) is 3.63. The molecule has 0 N–H and O–H groups in total. The first kappa shape index (κ1) is 27.3. The summed E-state index contributed by atoms with van der Waals surface area (Å²) >= 11 is 0. The second-order valence-electron chi connectivity index (χ2n) is 12.4. The highest BCUT2D eigenvalue weighted by Gasteiger charge is 2.21. The number of para-hydroxylation sites is 2. The second kappa shape index (κ2) is 10.8. The number of nitrogens with zero attached hydrogens (tertiary/aromatic N) is 2. The predicted octanol–water partition coefficient (Wildman–Crippen LogP) is 12.0. The van der Waals surface area contributed by atoms with Crippen LogP contribution in [0, 0.1) is 13.8 Å². The van der Waals surface area contributed by atoms with Crippen molar-refractivity contribution in [2.45, 2.75) is 13.8 Å². The van der Waals surface area contributed by atoms with E-state index >= 15 is 0 Å². The molecule has 9 rings (SSSR count). The molecule has 3 heteroatoms. The summed E-state index contributed by atoms with van der Waals surface area (Å²) in [5, 5.41) is 4.99. The number of ether oxygens (including phenoxy) is 1. The molecular formula is C44H32N2O. The third kappa shape index (κ3) is 4.51. The lowest BCUT2D eigenvalue weighted by atomic mass is 10.0. The van der Waals surface area contributed by atoms with Gasteiger partial charge in [0.15, 0.2) is 0 Å². The lowest BCUT2D eigenvalue weighted by Gasteiger charge is -2.14. The predicted molar refractivity (Wildman–Crippen MR) is 197 cm³/mol. The fourth-order valence-corrected chi connectivity index (χ4v) is 7.09. The van der Waals surface area contributed by atoms with Gasteiger partial charge in [0.05, 0.1) is 22.1 Å². The molecule has 7 aromatic carbocycles. The fourth-order valence-electron chi connectivity index (χ4n) is 7.09. The molecule has 0 unspecified atom stereocenters. The lowest BCUT2D eigenvalue weighted by molar-refractivity contribution is 0.482. The highest BCUT2D eigenvalue weighted by molar-refractivity contribution is 6.23. The van der Waals surface area contributed by atoms with Gasteiger partial charge in [-0.15, -0.1) is 0 Å². The largest absolute Gasteiger partial charge is 0.457 e. The van der Waals surface area contributed by atoms with Crippen LogP contribution in [0.1, 0.15) is 11.1 Å². The van der Waals surface area contributed by atoms with Gasteiger partial charge < -0.3 is 13.9 Å². The molecule has 0 saturated carbocycles. The van der Waals surface area contributed by atoms with Gasteiger partial charge in [0.2, 0.25) is 0 Å². The Balaban J connectivity index is 1.26. The Morgan fingerprint density at radius 2 is 0.915 bits per heavy atom. The summed E-state index contributed by atoms with van der Waals surface area (Å²) in [5.74, 6) is 1.66. The van der Waals surface area contributed by atoms with Crippen LogP contribution in [0.5, 0.6) is 11.5 Å². The van der Waals surface area contributed by atoms with Crippen LogP contribution in [-0.2, 0) is 0 Å². The van der Waals surface area contributed by atoms with Crippen molar-refractivity contribution in [3.05, 3.63) is 169 Å². The van der Waals surface area contributed by atoms with Gasteiger partial charge in [-0.25, -0.2) is 0 Å². The van der Waals surface area contributed by atoms with E-state index in [0.29, 0.717) is 0 Å². The van der Waals surface area contributed by atoms with Gasteiger partial charge in [0.1, 0.15) is 11.5 Å². The van der Waals surface area contributed by atoms with E-state index in [1.165, 1.54) is 60.4 Å². The van der Waals surface area contributed by atoms with Crippen molar-refractivity contribution in [3.8, 4) is 34.0 Å². The van der Waals surface area contributed by atoms with E-state index in [1.807, 2.05) is 24.3 Å². The van der Waals surface area contributed by atoms with Crippen molar-refractivity contribution >= 4 is 43.6 Å². The molecule has 0 aliphatic carbocycles. The minimum Gasteiger partial charge on any atom is -0.457 e. The second-order valence-corrected chi connectivity index (χ2v) is 12.4. The van der Waals surface area contributed by atoms with Crippen LogP contribution in [0.15, 0.2) is 158 Å². The number of hydrogen-bond acceptors (Lipinski definition) is 1. The third-order valence-electron chi connectivity index (χ3n) is 9.28. The van der Waals surface area contributed by atoms with E-state index in [9.17, 15) is 0 Å². The zero-order valence-electron chi connectivity index (χ0n) is 26.3. The molecule has 0 bridgehead atoms. The van der Waals surface area contributed by atoms with E-state index in [1.54, 1.807) is 0 Å². The zero-order chi connectivity index (χ0) is 31.5. The summed E-state index contributed by atoms with van der Waals surface area (Å²) in [6, 6.07) is 56.4. The molecule has 0 radical (unpaired) electrons. The number of rotatable bonds is 5. The summed E-state index contributed by atoms with van der Waals surface area (Å²) in [5.41, 5.74) is 11.9. The molecule has 2 heterocycles. The summed E-state index contributed by atoms with van der Waals surface area (Å²) in [6.45, 7) is 4.25. The maximum Gasteiger partial charge on any atom is 0.127 e. The molecule has 2 aromatic heterocycles. The highest BCUT2D eigenvalue weighted by Crippen LogP contribution is 2.42. The monoisotopic (exact) mass is 604 g/mol. The average molecular weight is 605 g/mol. The zero-order valence-corrected chi connectivity index (χ0v) is 26.3. The maximum atomic E-state index is 6.12. The Bertz CT molecular complexity index is 2600. The van der Waals surface area contributed by atoms with Gasteiger partial charge in [0.25, 0.3) is 0 Å². The summed E-state index contributed by atoms with van der Waals surface area (Å²) in [6.07, 6.45) is 0. The Kier molecular flexibility index (Phi) is 6.26. The quantitative estimate of drug-likeness (QED) is 0.191. The van der Waals surface area contributed by atoms with Gasteiger partial charge in [-0.3, -0.25) is 0 Å².